The molecule has 1 saturated heterocycles. The Balaban J connectivity index is 1.54. The molecule has 1 N–H and O–H groups in total. The fourth-order valence-corrected chi connectivity index (χ4v) is 5.88. The molecule has 9 heteroatoms. The molecule has 0 unspecified atom stereocenters. The van der Waals surface area contributed by atoms with Gasteiger partial charge in [-0.25, -0.2) is 8.42 Å². The lowest BCUT2D eigenvalue weighted by Gasteiger charge is -2.26. The highest BCUT2D eigenvalue weighted by molar-refractivity contribution is 7.92. The van der Waals surface area contributed by atoms with Crippen LogP contribution >= 0.6 is 0 Å². The largest absolute Gasteiger partial charge is 0.497 e. The van der Waals surface area contributed by atoms with E-state index in [0.717, 1.165) is 29.5 Å². The second-order valence-corrected chi connectivity index (χ2v) is 10.8. The normalized spacial score (nSPS) is 13.8. The first-order chi connectivity index (χ1) is 17.9. The molecular formula is C28H33N3O5S. The average molecular weight is 524 g/mol. The summed E-state index contributed by atoms with van der Waals surface area (Å²) < 4.78 is 39.1. The van der Waals surface area contributed by atoms with Crippen molar-refractivity contribution in [2.45, 2.75) is 30.8 Å². The maximum atomic E-state index is 13.7. The van der Waals surface area contributed by atoms with Crippen LogP contribution in [0.15, 0.2) is 77.7 Å². The second kappa shape index (κ2) is 12.1. The van der Waals surface area contributed by atoms with Gasteiger partial charge < -0.3 is 14.8 Å². The van der Waals surface area contributed by atoms with Crippen LogP contribution in [0.25, 0.3) is 0 Å². The molecule has 3 aromatic rings. The van der Waals surface area contributed by atoms with E-state index >= 15 is 0 Å². The Labute approximate surface area is 218 Å². The fraction of sp³-hybridized carbons (Fsp3) is 0.321. The van der Waals surface area contributed by atoms with Gasteiger partial charge in [0.1, 0.15) is 18.0 Å². The minimum Gasteiger partial charge on any atom is -0.497 e. The monoisotopic (exact) mass is 523 g/mol. The summed E-state index contributed by atoms with van der Waals surface area (Å²) in [5.41, 5.74) is 2.37. The first-order valence-electron chi connectivity index (χ1n) is 12.3. The zero-order valence-corrected chi connectivity index (χ0v) is 22.0. The van der Waals surface area contributed by atoms with Gasteiger partial charge in [0.2, 0.25) is 5.91 Å². The van der Waals surface area contributed by atoms with E-state index in [1.54, 1.807) is 36.4 Å². The van der Waals surface area contributed by atoms with Crippen molar-refractivity contribution in [3.05, 3.63) is 83.9 Å². The number of hydrogen-bond acceptors (Lipinski definition) is 6. The molecule has 1 fully saturated rings. The number of methoxy groups -OCH3 is 2. The second-order valence-electron chi connectivity index (χ2n) is 8.94. The van der Waals surface area contributed by atoms with E-state index in [0.29, 0.717) is 18.0 Å². The van der Waals surface area contributed by atoms with E-state index in [1.165, 1.54) is 44.8 Å². The first kappa shape index (κ1) is 26.5. The van der Waals surface area contributed by atoms with Crippen molar-refractivity contribution in [1.29, 1.82) is 0 Å². The summed E-state index contributed by atoms with van der Waals surface area (Å²) in [5.74, 6) is 0.316. The van der Waals surface area contributed by atoms with Crippen molar-refractivity contribution < 1.29 is 22.7 Å². The number of anilines is 1. The zero-order valence-electron chi connectivity index (χ0n) is 21.2. The number of likely N-dealkylation sites (tertiary alicyclic amines) is 1. The molecule has 1 amide bonds. The lowest BCUT2D eigenvalue weighted by molar-refractivity contribution is -0.119. The molecule has 0 aliphatic carbocycles. The van der Waals surface area contributed by atoms with Crippen molar-refractivity contribution in [3.8, 4) is 11.5 Å². The highest BCUT2D eigenvalue weighted by atomic mass is 32.2. The van der Waals surface area contributed by atoms with Crippen molar-refractivity contribution >= 4 is 21.6 Å². The van der Waals surface area contributed by atoms with Gasteiger partial charge in [0.15, 0.2) is 0 Å². The molecule has 37 heavy (non-hydrogen) atoms. The minimum atomic E-state index is -4.08. The molecule has 0 aromatic heterocycles. The summed E-state index contributed by atoms with van der Waals surface area (Å²) in [6.07, 6.45) is 2.46. The number of rotatable bonds is 11. The summed E-state index contributed by atoms with van der Waals surface area (Å²) in [6, 6.07) is 21.0. The topological polar surface area (TPSA) is 88.2 Å². The van der Waals surface area contributed by atoms with Crippen LogP contribution in [0.2, 0.25) is 0 Å². The van der Waals surface area contributed by atoms with E-state index in [9.17, 15) is 13.2 Å². The number of nitrogens with zero attached hydrogens (tertiary/aromatic N) is 2. The maximum Gasteiger partial charge on any atom is 0.264 e. The Morgan fingerprint density at radius 1 is 0.919 bits per heavy atom. The summed E-state index contributed by atoms with van der Waals surface area (Å²) in [7, 11) is -1.13. The molecule has 3 aromatic carbocycles. The molecule has 1 heterocycles. The third-order valence-corrected chi connectivity index (χ3v) is 8.13. The predicted octanol–water partition coefficient (Wildman–Crippen LogP) is 3.81. The maximum absolute atomic E-state index is 13.7. The summed E-state index contributed by atoms with van der Waals surface area (Å²) in [5, 5.41) is 2.88. The molecule has 4 rings (SSSR count). The van der Waals surface area contributed by atoms with Crippen LogP contribution in [-0.4, -0.2) is 53.1 Å². The van der Waals surface area contributed by atoms with E-state index in [-0.39, 0.29) is 10.6 Å². The highest BCUT2D eigenvalue weighted by Gasteiger charge is 2.29. The summed E-state index contributed by atoms with van der Waals surface area (Å²) >= 11 is 0. The number of benzene rings is 3. The Kier molecular flexibility index (Phi) is 8.68. The number of sulfonamides is 1. The molecule has 196 valence electrons. The molecule has 0 spiro atoms. The fourth-order valence-electron chi connectivity index (χ4n) is 4.43. The Morgan fingerprint density at radius 3 is 2.35 bits per heavy atom. The van der Waals surface area contributed by atoms with Gasteiger partial charge in [-0.15, -0.1) is 0 Å². The van der Waals surface area contributed by atoms with Crippen LogP contribution in [-0.2, 0) is 27.9 Å². The standard InChI is InChI=1S/C28H33N3O5S/c1-35-24-13-14-27(36-2)26(18-24)31(37(33,34)25-11-4-3-5-12-25)21-28(32)29-19-22-9-8-10-23(17-22)20-30-15-6-7-16-30/h3-5,8-14,17-18H,6-7,15-16,19-21H2,1-2H3,(H,29,32). The lowest BCUT2D eigenvalue weighted by atomic mass is 10.1. The van der Waals surface area contributed by atoms with Gasteiger partial charge >= 0.3 is 0 Å². The van der Waals surface area contributed by atoms with Crippen LogP contribution < -0.4 is 19.1 Å². The van der Waals surface area contributed by atoms with E-state index in [1.807, 2.05) is 12.1 Å². The lowest BCUT2D eigenvalue weighted by Crippen LogP contribution is -2.40. The van der Waals surface area contributed by atoms with Crippen molar-refractivity contribution in [3.63, 3.8) is 0 Å². The number of amides is 1. The quantitative estimate of drug-likeness (QED) is 0.411. The minimum absolute atomic E-state index is 0.0716. The zero-order chi connectivity index (χ0) is 26.3. The van der Waals surface area contributed by atoms with Crippen LogP contribution in [0.3, 0.4) is 0 Å². The molecule has 1 aliphatic rings. The van der Waals surface area contributed by atoms with Crippen LogP contribution in [0.4, 0.5) is 5.69 Å². The molecule has 0 saturated carbocycles. The third-order valence-electron chi connectivity index (χ3n) is 6.36. The summed E-state index contributed by atoms with van der Waals surface area (Å²) in [4.78, 5) is 15.6. The SMILES string of the molecule is COc1ccc(OC)c(N(CC(=O)NCc2cccc(CN3CCCC3)c2)S(=O)(=O)c2ccccc2)c1. The van der Waals surface area contributed by atoms with Crippen LogP contribution in [0.1, 0.15) is 24.0 Å². The van der Waals surface area contributed by atoms with Gasteiger partial charge in [-0.05, 0) is 61.3 Å². The van der Waals surface area contributed by atoms with Crippen molar-refractivity contribution in [2.75, 3.05) is 38.2 Å². The molecule has 0 atom stereocenters. The van der Waals surface area contributed by atoms with Gasteiger partial charge in [-0.2, -0.15) is 0 Å². The number of carbonyl (C=O) groups is 1. The van der Waals surface area contributed by atoms with Crippen molar-refractivity contribution in [1.82, 2.24) is 10.2 Å². The average Bonchev–Trinajstić information content (AvgIpc) is 3.44. The third kappa shape index (κ3) is 6.61. The van der Waals surface area contributed by atoms with E-state index < -0.39 is 22.5 Å². The molecular weight excluding hydrogens is 490 g/mol. The molecule has 0 bridgehead atoms. The number of hydrogen-bond donors (Lipinski definition) is 1. The van der Waals surface area contributed by atoms with Gasteiger partial charge in [0.05, 0.1) is 24.8 Å². The van der Waals surface area contributed by atoms with Crippen molar-refractivity contribution in [2.24, 2.45) is 0 Å². The predicted molar refractivity (Wildman–Crippen MR) is 143 cm³/mol. The number of carbonyl (C=O) groups excluding carboxylic acids is 1. The summed E-state index contributed by atoms with van der Waals surface area (Å²) in [6.45, 7) is 2.98. The van der Waals surface area contributed by atoms with Gasteiger partial charge in [0, 0.05) is 19.2 Å². The Morgan fingerprint density at radius 2 is 1.65 bits per heavy atom. The van der Waals surface area contributed by atoms with Crippen LogP contribution in [0.5, 0.6) is 11.5 Å². The molecule has 1 aliphatic heterocycles. The molecule has 8 nitrogen and oxygen atoms in total. The van der Waals surface area contributed by atoms with E-state index in [2.05, 4.69) is 22.3 Å². The smallest absolute Gasteiger partial charge is 0.264 e. The van der Waals surface area contributed by atoms with Gasteiger partial charge in [0.25, 0.3) is 10.0 Å². The first-order valence-corrected chi connectivity index (χ1v) is 13.7. The highest BCUT2D eigenvalue weighted by Crippen LogP contribution is 2.35. The number of ether oxygens (including phenoxy) is 2. The molecule has 0 radical (unpaired) electrons. The Bertz CT molecular complexity index is 1310. The van der Waals surface area contributed by atoms with Gasteiger partial charge in [-0.1, -0.05) is 42.5 Å². The number of nitrogens with one attached hydrogen (secondary N) is 1. The Hall–Kier alpha value is -3.56. The van der Waals surface area contributed by atoms with E-state index in [4.69, 9.17) is 9.47 Å². The van der Waals surface area contributed by atoms with Crippen LogP contribution in [0, 0.1) is 0 Å². The van der Waals surface area contributed by atoms with Gasteiger partial charge in [-0.3, -0.25) is 14.0 Å².